The number of hydrogen-bond donors (Lipinski definition) is 2. The number of esters is 1. The first-order valence-corrected chi connectivity index (χ1v) is 14.1. The maximum atomic E-state index is 13.2. The number of amides is 1. The lowest BCUT2D eigenvalue weighted by atomic mass is 9.66. The maximum absolute atomic E-state index is 13.2. The van der Waals surface area contributed by atoms with Gasteiger partial charge >= 0.3 is 5.97 Å². The molecule has 41 heavy (non-hydrogen) atoms. The van der Waals surface area contributed by atoms with E-state index in [-0.39, 0.29) is 11.8 Å². The highest BCUT2D eigenvalue weighted by molar-refractivity contribution is 6.30. The van der Waals surface area contributed by atoms with Crippen LogP contribution in [0.15, 0.2) is 72.8 Å². The molecular formula is C33H37ClN2O5. The van der Waals surface area contributed by atoms with Gasteiger partial charge in [0.1, 0.15) is 6.29 Å². The highest BCUT2D eigenvalue weighted by Gasteiger charge is 2.48. The second-order valence-corrected chi connectivity index (χ2v) is 11.9. The molecule has 8 heteroatoms. The van der Waals surface area contributed by atoms with E-state index in [0.29, 0.717) is 42.2 Å². The SMILES string of the molecule is COC(=O)c1ccc(-c2cccc(C(=O)NC(C=O)[C@@H](C)CN3CC[C@](O)(c4ccc(Cl)cc4)C(C)(C)C3)c2)cc1. The lowest BCUT2D eigenvalue weighted by Crippen LogP contribution is -2.57. The van der Waals surface area contributed by atoms with Crippen molar-refractivity contribution in [3.63, 3.8) is 0 Å². The molecule has 1 unspecified atom stereocenters. The van der Waals surface area contributed by atoms with Gasteiger partial charge in [-0.3, -0.25) is 4.79 Å². The summed E-state index contributed by atoms with van der Waals surface area (Å²) in [6, 6.07) is 20.8. The molecule has 1 fully saturated rings. The van der Waals surface area contributed by atoms with Crippen molar-refractivity contribution < 1.29 is 24.2 Å². The smallest absolute Gasteiger partial charge is 0.337 e. The molecule has 1 heterocycles. The molecule has 0 spiro atoms. The van der Waals surface area contributed by atoms with Gasteiger partial charge < -0.3 is 24.9 Å². The molecule has 3 aromatic carbocycles. The van der Waals surface area contributed by atoms with Crippen molar-refractivity contribution in [1.29, 1.82) is 0 Å². The summed E-state index contributed by atoms with van der Waals surface area (Å²) < 4.78 is 4.75. The molecule has 1 saturated heterocycles. The highest BCUT2D eigenvalue weighted by Crippen LogP contribution is 2.46. The number of hydrogen-bond acceptors (Lipinski definition) is 6. The molecule has 1 aliphatic rings. The van der Waals surface area contributed by atoms with E-state index in [1.54, 1.807) is 54.6 Å². The van der Waals surface area contributed by atoms with Gasteiger partial charge in [-0.1, -0.05) is 68.8 Å². The van der Waals surface area contributed by atoms with Crippen LogP contribution in [0.25, 0.3) is 11.1 Å². The van der Waals surface area contributed by atoms with Crippen LogP contribution < -0.4 is 5.32 Å². The zero-order valence-corrected chi connectivity index (χ0v) is 24.6. The summed E-state index contributed by atoms with van der Waals surface area (Å²) in [5.41, 5.74) is 1.94. The maximum Gasteiger partial charge on any atom is 0.337 e. The summed E-state index contributed by atoms with van der Waals surface area (Å²) in [7, 11) is 1.33. The number of rotatable bonds is 9. The molecule has 0 aromatic heterocycles. The fourth-order valence-corrected chi connectivity index (χ4v) is 5.79. The Morgan fingerprint density at radius 3 is 2.34 bits per heavy atom. The van der Waals surface area contributed by atoms with Gasteiger partial charge in [-0.2, -0.15) is 0 Å². The number of benzene rings is 3. The molecule has 0 aliphatic carbocycles. The summed E-state index contributed by atoms with van der Waals surface area (Å²) in [5.74, 6) is -0.898. The van der Waals surface area contributed by atoms with Crippen molar-refractivity contribution in [1.82, 2.24) is 10.2 Å². The Balaban J connectivity index is 1.40. The van der Waals surface area contributed by atoms with Crippen LogP contribution in [0.4, 0.5) is 0 Å². The van der Waals surface area contributed by atoms with Crippen molar-refractivity contribution in [2.24, 2.45) is 11.3 Å². The second kappa shape index (κ2) is 12.6. The highest BCUT2D eigenvalue weighted by atomic mass is 35.5. The molecule has 2 N–H and O–H groups in total. The number of carbonyl (C=O) groups excluding carboxylic acids is 3. The normalized spacial score (nSPS) is 20.0. The van der Waals surface area contributed by atoms with Crippen molar-refractivity contribution in [2.75, 3.05) is 26.7 Å². The van der Waals surface area contributed by atoms with Crippen molar-refractivity contribution in [3.8, 4) is 11.1 Å². The predicted octanol–water partition coefficient (Wildman–Crippen LogP) is 5.35. The number of nitrogens with zero attached hydrogens (tertiary/aromatic N) is 1. The lowest BCUT2D eigenvalue weighted by Gasteiger charge is -2.51. The average Bonchev–Trinajstić information content (AvgIpc) is 2.97. The second-order valence-electron chi connectivity index (χ2n) is 11.5. The van der Waals surface area contributed by atoms with Gasteiger partial charge in [0.2, 0.25) is 0 Å². The standard InChI is InChI=1S/C33H37ClN2O5/c1-22(19-36-17-16-33(40,32(2,3)21-36)27-12-14-28(34)15-13-27)29(20-37)35-30(38)26-7-5-6-25(18-26)23-8-10-24(11-9-23)31(39)41-4/h5-15,18,20,22,29,40H,16-17,19,21H2,1-4H3,(H,35,38)/t22-,29?,33-/m0/s1. The number of likely N-dealkylation sites (tertiary alicyclic amines) is 1. The van der Waals surface area contributed by atoms with Crippen LogP contribution in [-0.4, -0.2) is 61.0 Å². The molecule has 216 valence electrons. The van der Waals surface area contributed by atoms with Crippen LogP contribution in [0, 0.1) is 11.3 Å². The predicted molar refractivity (Wildman–Crippen MR) is 160 cm³/mol. The monoisotopic (exact) mass is 576 g/mol. The molecule has 3 aromatic rings. The van der Waals surface area contributed by atoms with Gasteiger partial charge in [0.05, 0.1) is 24.3 Å². The van der Waals surface area contributed by atoms with Gasteiger partial charge in [0, 0.05) is 35.6 Å². The van der Waals surface area contributed by atoms with E-state index < -0.39 is 23.0 Å². The molecule has 0 bridgehead atoms. The molecule has 3 atom stereocenters. The molecular weight excluding hydrogens is 540 g/mol. The first kappa shape index (κ1) is 30.4. The van der Waals surface area contributed by atoms with Crippen molar-refractivity contribution in [2.45, 2.75) is 38.8 Å². The van der Waals surface area contributed by atoms with E-state index >= 15 is 0 Å². The fourth-order valence-electron chi connectivity index (χ4n) is 5.67. The molecule has 1 amide bonds. The topological polar surface area (TPSA) is 95.9 Å². The van der Waals surface area contributed by atoms with Gasteiger partial charge in [0.15, 0.2) is 0 Å². The zero-order valence-electron chi connectivity index (χ0n) is 23.9. The number of aldehydes is 1. The van der Waals surface area contributed by atoms with E-state index in [2.05, 4.69) is 10.2 Å². The minimum atomic E-state index is -1.000. The fraction of sp³-hybridized carbons (Fsp3) is 0.364. The Hall–Kier alpha value is -3.52. The van der Waals surface area contributed by atoms with Crippen LogP contribution in [0.5, 0.6) is 0 Å². The summed E-state index contributed by atoms with van der Waals surface area (Å²) in [6.07, 6.45) is 1.33. The van der Waals surface area contributed by atoms with E-state index in [1.807, 2.05) is 39.0 Å². The van der Waals surface area contributed by atoms with E-state index in [0.717, 1.165) is 23.0 Å². The third-order valence-electron chi connectivity index (χ3n) is 8.22. The zero-order chi connectivity index (χ0) is 29.8. The minimum absolute atomic E-state index is 0.150. The summed E-state index contributed by atoms with van der Waals surface area (Å²) in [4.78, 5) is 39.2. The number of piperidine rings is 1. The first-order chi connectivity index (χ1) is 19.5. The van der Waals surface area contributed by atoms with Crippen molar-refractivity contribution >= 4 is 29.8 Å². The molecule has 1 aliphatic heterocycles. The van der Waals surface area contributed by atoms with Crippen LogP contribution >= 0.6 is 11.6 Å². The Morgan fingerprint density at radius 1 is 1.05 bits per heavy atom. The van der Waals surface area contributed by atoms with Crippen LogP contribution in [0.3, 0.4) is 0 Å². The van der Waals surface area contributed by atoms with Crippen LogP contribution in [-0.2, 0) is 15.1 Å². The lowest BCUT2D eigenvalue weighted by molar-refractivity contribution is -0.128. The number of ether oxygens (including phenoxy) is 1. The number of nitrogens with one attached hydrogen (secondary N) is 1. The third kappa shape index (κ3) is 6.70. The number of methoxy groups -OCH3 is 1. The number of halogens is 1. The van der Waals surface area contributed by atoms with Crippen LogP contribution in [0.2, 0.25) is 5.02 Å². The van der Waals surface area contributed by atoms with E-state index in [1.165, 1.54) is 7.11 Å². The Labute approximate surface area is 246 Å². The summed E-state index contributed by atoms with van der Waals surface area (Å²) in [6.45, 7) is 7.93. The Kier molecular flexibility index (Phi) is 9.32. The third-order valence-corrected chi connectivity index (χ3v) is 8.47. The van der Waals surface area contributed by atoms with E-state index in [4.69, 9.17) is 16.3 Å². The van der Waals surface area contributed by atoms with Gasteiger partial charge in [-0.15, -0.1) is 0 Å². The Morgan fingerprint density at radius 2 is 1.73 bits per heavy atom. The Bertz CT molecular complexity index is 1390. The summed E-state index contributed by atoms with van der Waals surface area (Å²) in [5, 5.41) is 15.2. The van der Waals surface area contributed by atoms with Gasteiger partial charge in [-0.25, -0.2) is 4.79 Å². The summed E-state index contributed by atoms with van der Waals surface area (Å²) >= 11 is 6.06. The van der Waals surface area contributed by atoms with E-state index in [9.17, 15) is 19.5 Å². The quantitative estimate of drug-likeness (QED) is 0.263. The van der Waals surface area contributed by atoms with Crippen molar-refractivity contribution in [3.05, 3.63) is 94.5 Å². The molecule has 7 nitrogen and oxygen atoms in total. The molecule has 4 rings (SSSR count). The first-order valence-electron chi connectivity index (χ1n) is 13.7. The average molecular weight is 577 g/mol. The number of carbonyl (C=O) groups is 3. The van der Waals surface area contributed by atoms with Gasteiger partial charge in [-0.05, 0) is 65.4 Å². The van der Waals surface area contributed by atoms with Gasteiger partial charge in [0.25, 0.3) is 5.91 Å². The van der Waals surface area contributed by atoms with Crippen LogP contribution in [0.1, 0.15) is 53.5 Å². The molecule has 0 radical (unpaired) electrons. The largest absolute Gasteiger partial charge is 0.465 e. The number of aliphatic hydroxyl groups is 1. The minimum Gasteiger partial charge on any atom is -0.465 e. The molecule has 0 saturated carbocycles.